The number of hydrogen-bond donors (Lipinski definition) is 0. The van der Waals surface area contributed by atoms with E-state index in [1.165, 1.54) is 0 Å². The predicted octanol–water partition coefficient (Wildman–Crippen LogP) is 4.01. The van der Waals surface area contributed by atoms with E-state index < -0.39 is 5.51 Å². The average molecular weight is 281 g/mol. The monoisotopic (exact) mass is 280 g/mol. The topological polar surface area (TPSA) is 0 Å². The van der Waals surface area contributed by atoms with Crippen LogP contribution in [0.1, 0.15) is 5.56 Å². The van der Waals surface area contributed by atoms with Gasteiger partial charge >= 0.3 is 5.51 Å². The molecular weight excluding hydrogens is 277 g/mol. The summed E-state index contributed by atoms with van der Waals surface area (Å²) in [6, 6.07) is 6.74. The standard InChI is InChI=1S/C9H4BrF3S/c10-8-3-1-7(2-4-8)5-6-14-9(11,12)13/h1-4H. The molecule has 0 nitrogen and oxygen atoms in total. The van der Waals surface area contributed by atoms with Crippen molar-refractivity contribution in [3.05, 3.63) is 34.3 Å². The van der Waals surface area contributed by atoms with E-state index >= 15 is 0 Å². The van der Waals surface area contributed by atoms with Gasteiger partial charge in [0.15, 0.2) is 0 Å². The highest BCUT2D eigenvalue weighted by molar-refractivity contribution is 9.10. The second kappa shape index (κ2) is 4.76. The van der Waals surface area contributed by atoms with Crippen molar-refractivity contribution in [2.24, 2.45) is 0 Å². The first-order chi connectivity index (χ1) is 6.47. The largest absolute Gasteiger partial charge is 0.453 e. The molecule has 0 heterocycles. The van der Waals surface area contributed by atoms with Gasteiger partial charge in [0.1, 0.15) is 0 Å². The van der Waals surface area contributed by atoms with E-state index in [1.54, 1.807) is 24.3 Å². The van der Waals surface area contributed by atoms with Crippen molar-refractivity contribution in [1.82, 2.24) is 0 Å². The van der Waals surface area contributed by atoms with E-state index in [0.717, 1.165) is 4.47 Å². The van der Waals surface area contributed by atoms with E-state index in [4.69, 9.17) is 0 Å². The molecule has 0 spiro atoms. The average Bonchev–Trinajstić information content (AvgIpc) is 2.06. The lowest BCUT2D eigenvalue weighted by molar-refractivity contribution is -0.0318. The van der Waals surface area contributed by atoms with E-state index in [2.05, 4.69) is 21.9 Å². The van der Waals surface area contributed by atoms with Crippen LogP contribution in [0, 0.1) is 11.2 Å². The van der Waals surface area contributed by atoms with Gasteiger partial charge in [0.25, 0.3) is 0 Å². The Morgan fingerprint density at radius 3 is 2.21 bits per heavy atom. The molecule has 0 saturated heterocycles. The summed E-state index contributed by atoms with van der Waals surface area (Å²) in [5, 5.41) is 1.99. The molecule has 1 aromatic carbocycles. The van der Waals surface area contributed by atoms with Crippen molar-refractivity contribution in [2.75, 3.05) is 0 Å². The highest BCUT2D eigenvalue weighted by atomic mass is 79.9. The molecule has 5 heteroatoms. The SMILES string of the molecule is FC(F)(F)SC#Cc1ccc(Br)cc1. The molecule has 0 bridgehead atoms. The molecule has 0 unspecified atom stereocenters. The predicted molar refractivity (Wildman–Crippen MR) is 54.7 cm³/mol. The fourth-order valence-corrected chi connectivity index (χ4v) is 1.22. The van der Waals surface area contributed by atoms with Crippen molar-refractivity contribution < 1.29 is 13.2 Å². The zero-order chi connectivity index (χ0) is 10.6. The lowest BCUT2D eigenvalue weighted by Gasteiger charge is -1.96. The van der Waals surface area contributed by atoms with E-state index in [0.29, 0.717) is 5.56 Å². The second-order valence-corrected chi connectivity index (χ2v) is 4.07. The smallest absolute Gasteiger partial charge is 0.160 e. The summed E-state index contributed by atoms with van der Waals surface area (Å²) in [5.41, 5.74) is -3.73. The molecule has 0 amide bonds. The van der Waals surface area contributed by atoms with Crippen LogP contribution in [0.4, 0.5) is 13.2 Å². The van der Waals surface area contributed by atoms with Crippen LogP contribution >= 0.6 is 27.7 Å². The van der Waals surface area contributed by atoms with E-state index in [9.17, 15) is 13.2 Å². The minimum absolute atomic E-state index is 0.340. The summed E-state index contributed by atoms with van der Waals surface area (Å²) >= 11 is 2.87. The van der Waals surface area contributed by atoms with E-state index in [1.807, 2.05) is 5.25 Å². The van der Waals surface area contributed by atoms with E-state index in [-0.39, 0.29) is 11.8 Å². The number of alkyl halides is 3. The Hall–Kier alpha value is -0.600. The molecule has 1 rings (SSSR count). The van der Waals surface area contributed by atoms with Crippen LogP contribution in [0.3, 0.4) is 0 Å². The van der Waals surface area contributed by atoms with Gasteiger partial charge in [-0.25, -0.2) is 0 Å². The molecule has 0 radical (unpaired) electrons. The lowest BCUT2D eigenvalue weighted by Crippen LogP contribution is -1.96. The van der Waals surface area contributed by atoms with Crippen LogP contribution in [0.25, 0.3) is 0 Å². The maximum atomic E-state index is 11.7. The van der Waals surface area contributed by atoms with Crippen molar-refractivity contribution in [3.8, 4) is 11.2 Å². The van der Waals surface area contributed by atoms with Crippen LogP contribution in [0.5, 0.6) is 0 Å². The van der Waals surface area contributed by atoms with Gasteiger partial charge < -0.3 is 0 Å². The summed E-state index contributed by atoms with van der Waals surface area (Å²) in [7, 11) is 0. The fourth-order valence-electron chi connectivity index (χ4n) is 0.676. The van der Waals surface area contributed by atoms with Crippen molar-refractivity contribution >= 4 is 27.7 Å². The third kappa shape index (κ3) is 4.58. The number of benzene rings is 1. The van der Waals surface area contributed by atoms with Gasteiger partial charge in [-0.15, -0.1) is 0 Å². The number of thioether (sulfide) groups is 1. The number of halogens is 4. The zero-order valence-corrected chi connectivity index (χ0v) is 9.13. The third-order valence-corrected chi connectivity index (χ3v) is 2.17. The van der Waals surface area contributed by atoms with Gasteiger partial charge in [0.05, 0.1) is 0 Å². The summed E-state index contributed by atoms with van der Waals surface area (Å²) in [6.45, 7) is 0. The van der Waals surface area contributed by atoms with Crippen LogP contribution in [-0.4, -0.2) is 5.51 Å². The van der Waals surface area contributed by atoms with Gasteiger partial charge in [0, 0.05) is 21.8 Å². The van der Waals surface area contributed by atoms with Crippen LogP contribution in [0.2, 0.25) is 0 Å². The zero-order valence-electron chi connectivity index (χ0n) is 6.73. The molecule has 0 aromatic heterocycles. The first-order valence-corrected chi connectivity index (χ1v) is 5.10. The maximum Gasteiger partial charge on any atom is 0.453 e. The van der Waals surface area contributed by atoms with Crippen molar-refractivity contribution in [3.63, 3.8) is 0 Å². The summed E-state index contributed by atoms with van der Waals surface area (Å²) in [5.74, 6) is 2.40. The molecule has 0 fully saturated rings. The Balaban J connectivity index is 2.64. The van der Waals surface area contributed by atoms with Gasteiger partial charge in [-0.2, -0.15) is 13.2 Å². The first kappa shape index (κ1) is 11.5. The third-order valence-electron chi connectivity index (χ3n) is 1.21. The Bertz CT molecular complexity index is 358. The Morgan fingerprint density at radius 2 is 1.71 bits per heavy atom. The molecule has 1 aromatic rings. The first-order valence-electron chi connectivity index (χ1n) is 3.49. The molecule has 74 valence electrons. The Kier molecular flexibility index (Phi) is 3.90. The summed E-state index contributed by atoms with van der Waals surface area (Å²) < 4.78 is 35.9. The number of hydrogen-bond acceptors (Lipinski definition) is 1. The summed E-state index contributed by atoms with van der Waals surface area (Å²) in [6.07, 6.45) is 0. The quantitative estimate of drug-likeness (QED) is 0.647. The molecule has 0 N–H and O–H groups in total. The Labute approximate surface area is 92.0 Å². The highest BCUT2D eigenvalue weighted by Gasteiger charge is 2.27. The molecule has 0 saturated carbocycles. The second-order valence-electron chi connectivity index (χ2n) is 2.28. The molecule has 0 atom stereocenters. The molecule has 0 aliphatic rings. The molecule has 0 aliphatic heterocycles. The lowest BCUT2D eigenvalue weighted by atomic mass is 10.2. The summed E-state index contributed by atoms with van der Waals surface area (Å²) in [4.78, 5) is 0. The van der Waals surface area contributed by atoms with Gasteiger partial charge in [-0.1, -0.05) is 21.9 Å². The fraction of sp³-hybridized carbons (Fsp3) is 0.111. The normalized spacial score (nSPS) is 10.6. The minimum Gasteiger partial charge on any atom is -0.160 e. The van der Waals surface area contributed by atoms with Gasteiger partial charge in [-0.05, 0) is 29.5 Å². The highest BCUT2D eigenvalue weighted by Crippen LogP contribution is 2.28. The van der Waals surface area contributed by atoms with Gasteiger partial charge in [0.2, 0.25) is 0 Å². The van der Waals surface area contributed by atoms with Crippen LogP contribution in [-0.2, 0) is 0 Å². The number of rotatable bonds is 0. The Morgan fingerprint density at radius 1 is 1.14 bits per heavy atom. The van der Waals surface area contributed by atoms with Crippen LogP contribution in [0.15, 0.2) is 28.7 Å². The van der Waals surface area contributed by atoms with Gasteiger partial charge in [-0.3, -0.25) is 0 Å². The molecule has 14 heavy (non-hydrogen) atoms. The minimum atomic E-state index is -4.29. The van der Waals surface area contributed by atoms with Crippen LogP contribution < -0.4 is 0 Å². The maximum absolute atomic E-state index is 11.7. The molecule has 0 aliphatic carbocycles. The molecular formula is C9H4BrF3S. The van der Waals surface area contributed by atoms with Crippen molar-refractivity contribution in [1.29, 1.82) is 0 Å². The van der Waals surface area contributed by atoms with Crippen molar-refractivity contribution in [2.45, 2.75) is 5.51 Å².